The minimum atomic E-state index is -3.39. The first kappa shape index (κ1) is 16.5. The van der Waals surface area contributed by atoms with Gasteiger partial charge in [-0.15, -0.1) is 0 Å². The van der Waals surface area contributed by atoms with Gasteiger partial charge in [-0.05, 0) is 37.3 Å². The van der Waals surface area contributed by atoms with Gasteiger partial charge in [0.25, 0.3) is 0 Å². The van der Waals surface area contributed by atoms with Gasteiger partial charge in [0.2, 0.25) is 10.0 Å². The summed E-state index contributed by atoms with van der Waals surface area (Å²) in [5, 5.41) is 3.25. The van der Waals surface area contributed by atoms with Crippen molar-refractivity contribution in [3.05, 3.63) is 18.0 Å². The molecule has 5 nitrogen and oxygen atoms in total. The first-order chi connectivity index (χ1) is 10.0. The molecule has 1 aromatic heterocycles. The highest BCUT2D eigenvalue weighted by Gasteiger charge is 2.25. The van der Waals surface area contributed by atoms with E-state index in [9.17, 15) is 8.42 Å². The average molecular weight is 313 g/mol. The fraction of sp³-hybridized carbons (Fsp3) is 0.733. The lowest BCUT2D eigenvalue weighted by atomic mass is 9.99. The quantitative estimate of drug-likeness (QED) is 0.644. The van der Waals surface area contributed by atoms with E-state index in [1.807, 2.05) is 0 Å². The van der Waals surface area contributed by atoms with Crippen molar-refractivity contribution in [1.29, 1.82) is 0 Å². The Morgan fingerprint density at radius 1 is 1.38 bits per heavy atom. The summed E-state index contributed by atoms with van der Waals surface area (Å²) >= 11 is 0. The zero-order chi connectivity index (χ0) is 15.3. The summed E-state index contributed by atoms with van der Waals surface area (Å²) < 4.78 is 27.3. The van der Waals surface area contributed by atoms with Crippen molar-refractivity contribution in [1.82, 2.24) is 15.0 Å². The third-order valence-corrected chi connectivity index (χ3v) is 5.75. The predicted octanol–water partition coefficient (Wildman–Crippen LogP) is 2.23. The molecule has 0 radical (unpaired) electrons. The lowest BCUT2D eigenvalue weighted by Gasteiger charge is -2.15. The van der Waals surface area contributed by atoms with Crippen molar-refractivity contribution in [3.63, 3.8) is 0 Å². The highest BCUT2D eigenvalue weighted by atomic mass is 32.2. The highest BCUT2D eigenvalue weighted by Crippen LogP contribution is 2.30. The van der Waals surface area contributed by atoms with Gasteiger partial charge in [-0.1, -0.05) is 26.7 Å². The number of H-pyrrole nitrogens is 1. The minimum absolute atomic E-state index is 0.335. The van der Waals surface area contributed by atoms with Crippen LogP contribution < -0.4 is 10.0 Å². The van der Waals surface area contributed by atoms with Gasteiger partial charge in [0.05, 0.1) is 4.90 Å². The maximum Gasteiger partial charge on any atom is 0.242 e. The molecule has 2 rings (SSSR count). The molecule has 0 spiro atoms. The monoisotopic (exact) mass is 313 g/mol. The Kier molecular flexibility index (Phi) is 5.84. The molecule has 0 bridgehead atoms. The fourth-order valence-corrected chi connectivity index (χ4v) is 4.01. The second kappa shape index (κ2) is 7.42. The molecule has 1 aliphatic carbocycles. The van der Waals surface area contributed by atoms with Crippen molar-refractivity contribution in [2.45, 2.75) is 51.0 Å². The molecule has 0 amide bonds. The number of nitrogens with one attached hydrogen (secondary N) is 3. The third kappa shape index (κ3) is 4.56. The van der Waals surface area contributed by atoms with Crippen LogP contribution in [-0.4, -0.2) is 26.5 Å². The van der Waals surface area contributed by atoms with E-state index in [2.05, 4.69) is 28.9 Å². The Morgan fingerprint density at radius 3 is 2.86 bits per heavy atom. The molecule has 0 saturated heterocycles. The first-order valence-electron chi connectivity index (χ1n) is 7.90. The number of hydrogen-bond acceptors (Lipinski definition) is 3. The maximum absolute atomic E-state index is 12.3. The molecule has 2 unspecified atom stereocenters. The van der Waals surface area contributed by atoms with Crippen LogP contribution in [0.2, 0.25) is 0 Å². The van der Waals surface area contributed by atoms with Crippen molar-refractivity contribution in [3.8, 4) is 0 Å². The van der Waals surface area contributed by atoms with E-state index < -0.39 is 10.0 Å². The molecule has 1 aliphatic rings. The molecule has 1 aromatic rings. The number of aromatic nitrogens is 1. The van der Waals surface area contributed by atoms with E-state index in [-0.39, 0.29) is 0 Å². The van der Waals surface area contributed by atoms with Crippen molar-refractivity contribution >= 4 is 10.0 Å². The highest BCUT2D eigenvalue weighted by molar-refractivity contribution is 7.89. The van der Waals surface area contributed by atoms with Crippen molar-refractivity contribution in [2.24, 2.45) is 11.8 Å². The van der Waals surface area contributed by atoms with Gasteiger partial charge in [-0.25, -0.2) is 13.1 Å². The Morgan fingerprint density at radius 2 is 2.19 bits per heavy atom. The standard InChI is InChI=1S/C15H27N3O2S/c1-3-7-16-10-14-8-15(11-17-14)21(19,20)18-9-13-6-4-5-12(13)2/h8,11-13,16-18H,3-7,9-10H2,1-2H3. The van der Waals surface area contributed by atoms with Crippen molar-refractivity contribution < 1.29 is 8.42 Å². The number of sulfonamides is 1. The summed E-state index contributed by atoms with van der Waals surface area (Å²) in [5.74, 6) is 1.09. The Labute approximate surface area is 128 Å². The third-order valence-electron chi connectivity index (χ3n) is 4.34. The summed E-state index contributed by atoms with van der Waals surface area (Å²) in [6.07, 6.45) is 6.19. The summed E-state index contributed by atoms with van der Waals surface area (Å²) in [6.45, 7) is 6.46. The fourth-order valence-electron chi connectivity index (χ4n) is 2.90. The summed E-state index contributed by atoms with van der Waals surface area (Å²) in [5.41, 5.74) is 0.901. The van der Waals surface area contributed by atoms with Crippen LogP contribution in [0.4, 0.5) is 0 Å². The average Bonchev–Trinajstić information content (AvgIpc) is 3.06. The van der Waals surface area contributed by atoms with Gasteiger partial charge >= 0.3 is 0 Å². The van der Waals surface area contributed by atoms with Crippen LogP contribution in [0.1, 0.15) is 45.2 Å². The van der Waals surface area contributed by atoms with Gasteiger partial charge in [-0.3, -0.25) is 0 Å². The molecule has 1 heterocycles. The van der Waals surface area contributed by atoms with E-state index in [0.29, 0.717) is 29.8 Å². The molecular weight excluding hydrogens is 286 g/mol. The first-order valence-corrected chi connectivity index (χ1v) is 9.39. The van der Waals surface area contributed by atoms with Crippen LogP contribution in [0.5, 0.6) is 0 Å². The molecule has 1 fully saturated rings. The van der Waals surface area contributed by atoms with Gasteiger partial charge in [0.15, 0.2) is 0 Å². The molecular formula is C15H27N3O2S. The molecule has 2 atom stereocenters. The van der Waals surface area contributed by atoms with Crippen LogP contribution in [0.15, 0.2) is 17.2 Å². The summed E-state index contributed by atoms with van der Waals surface area (Å²) in [7, 11) is -3.39. The maximum atomic E-state index is 12.3. The second-order valence-electron chi connectivity index (χ2n) is 6.06. The van der Waals surface area contributed by atoms with Crippen LogP contribution in [0.25, 0.3) is 0 Å². The molecule has 120 valence electrons. The largest absolute Gasteiger partial charge is 0.363 e. The lowest BCUT2D eigenvalue weighted by Crippen LogP contribution is -2.30. The van der Waals surface area contributed by atoms with Crippen LogP contribution in [0.3, 0.4) is 0 Å². The Hall–Kier alpha value is -0.850. The lowest BCUT2D eigenvalue weighted by molar-refractivity contribution is 0.414. The van der Waals surface area contributed by atoms with Crippen molar-refractivity contribution in [2.75, 3.05) is 13.1 Å². The van der Waals surface area contributed by atoms with Crippen LogP contribution in [-0.2, 0) is 16.6 Å². The molecule has 0 aromatic carbocycles. The smallest absolute Gasteiger partial charge is 0.242 e. The van der Waals surface area contributed by atoms with Gasteiger partial charge < -0.3 is 10.3 Å². The normalized spacial score (nSPS) is 22.8. The predicted molar refractivity (Wildman–Crippen MR) is 84.5 cm³/mol. The zero-order valence-corrected chi connectivity index (χ0v) is 13.8. The SMILES string of the molecule is CCCNCc1cc(S(=O)(=O)NCC2CCCC2C)c[nH]1. The number of rotatable bonds is 8. The zero-order valence-electron chi connectivity index (χ0n) is 13.0. The molecule has 3 N–H and O–H groups in total. The van der Waals surface area contributed by atoms with Crippen LogP contribution in [0, 0.1) is 11.8 Å². The number of hydrogen-bond donors (Lipinski definition) is 3. The summed E-state index contributed by atoms with van der Waals surface area (Å²) in [6, 6.07) is 1.71. The molecule has 21 heavy (non-hydrogen) atoms. The summed E-state index contributed by atoms with van der Waals surface area (Å²) in [4.78, 5) is 3.36. The van der Waals surface area contributed by atoms with E-state index in [1.165, 1.54) is 12.8 Å². The topological polar surface area (TPSA) is 74.0 Å². The molecule has 1 saturated carbocycles. The molecule has 0 aliphatic heterocycles. The Balaban J connectivity index is 1.89. The van der Waals surface area contributed by atoms with E-state index >= 15 is 0 Å². The van der Waals surface area contributed by atoms with E-state index in [1.54, 1.807) is 12.3 Å². The van der Waals surface area contributed by atoms with E-state index in [0.717, 1.165) is 25.1 Å². The van der Waals surface area contributed by atoms with Crippen LogP contribution >= 0.6 is 0 Å². The Bertz CT molecular complexity index is 539. The van der Waals surface area contributed by atoms with Gasteiger partial charge in [0, 0.05) is 25.0 Å². The molecule has 6 heteroatoms. The van der Waals surface area contributed by atoms with E-state index in [4.69, 9.17) is 0 Å². The van der Waals surface area contributed by atoms with Gasteiger partial charge in [0.1, 0.15) is 0 Å². The minimum Gasteiger partial charge on any atom is -0.363 e. The van der Waals surface area contributed by atoms with Gasteiger partial charge in [-0.2, -0.15) is 0 Å². The second-order valence-corrected chi connectivity index (χ2v) is 7.82. The number of aromatic amines is 1.